The van der Waals surface area contributed by atoms with Gasteiger partial charge < -0.3 is 9.64 Å². The molecule has 0 radical (unpaired) electrons. The molecule has 2 atom stereocenters. The molecule has 1 aliphatic heterocycles. The molecule has 3 fully saturated rings. The number of nitrogens with zero attached hydrogens (tertiary/aromatic N) is 4. The topological polar surface area (TPSA) is 71.2 Å². The molecule has 1 aromatic rings. The number of aromatic nitrogens is 2. The third kappa shape index (κ3) is 3.37. The monoisotopic (exact) mass is 356 g/mol. The lowest BCUT2D eigenvalue weighted by Crippen LogP contribution is -2.48. The van der Waals surface area contributed by atoms with Gasteiger partial charge >= 0.3 is 0 Å². The van der Waals surface area contributed by atoms with Crippen LogP contribution < -0.4 is 0 Å². The van der Waals surface area contributed by atoms with E-state index in [9.17, 15) is 10.1 Å². The van der Waals surface area contributed by atoms with Crippen LogP contribution in [0.25, 0.3) is 0 Å². The van der Waals surface area contributed by atoms with Gasteiger partial charge in [0.15, 0.2) is 0 Å². The quantitative estimate of drug-likeness (QED) is 0.785. The van der Waals surface area contributed by atoms with Crippen molar-refractivity contribution in [2.45, 2.75) is 63.5 Å². The lowest BCUT2D eigenvalue weighted by atomic mass is 9.86. The van der Waals surface area contributed by atoms with Gasteiger partial charge in [0, 0.05) is 26.4 Å². The Labute approximate surface area is 155 Å². The maximum atomic E-state index is 13.3. The highest BCUT2D eigenvalue weighted by molar-refractivity contribution is 5.86. The number of carbonyl (C=O) groups excluding carboxylic acids is 1. The smallest absolute Gasteiger partial charge is 0.243 e. The van der Waals surface area contributed by atoms with Crippen LogP contribution in [0.15, 0.2) is 12.4 Å². The minimum atomic E-state index is -0.807. The van der Waals surface area contributed by atoms with E-state index in [1.165, 1.54) is 12.8 Å². The molecule has 1 amide bonds. The summed E-state index contributed by atoms with van der Waals surface area (Å²) in [7, 11) is 1.91. The molecule has 4 rings (SSSR count). The van der Waals surface area contributed by atoms with Crippen molar-refractivity contribution in [1.29, 1.82) is 5.26 Å². The first kappa shape index (κ1) is 17.5. The molecule has 0 spiro atoms. The van der Waals surface area contributed by atoms with Gasteiger partial charge in [0.25, 0.3) is 0 Å². The van der Waals surface area contributed by atoms with E-state index in [2.05, 4.69) is 11.2 Å². The van der Waals surface area contributed by atoms with Crippen LogP contribution in [0.3, 0.4) is 0 Å². The van der Waals surface area contributed by atoms with Gasteiger partial charge in [-0.1, -0.05) is 12.8 Å². The number of hydrogen-bond donors (Lipinski definition) is 0. The Kier molecular flexibility index (Phi) is 4.74. The van der Waals surface area contributed by atoms with E-state index in [-0.39, 0.29) is 18.1 Å². The lowest BCUT2D eigenvalue weighted by Gasteiger charge is -2.33. The van der Waals surface area contributed by atoms with E-state index in [4.69, 9.17) is 4.74 Å². The fourth-order valence-corrected chi connectivity index (χ4v) is 4.50. The number of rotatable bonds is 6. The van der Waals surface area contributed by atoms with Gasteiger partial charge in [-0.3, -0.25) is 9.48 Å². The van der Waals surface area contributed by atoms with Crippen LogP contribution in [0, 0.1) is 22.7 Å². The highest BCUT2D eigenvalue weighted by atomic mass is 16.5. The molecule has 0 unspecified atom stereocenters. The first-order valence-electron chi connectivity index (χ1n) is 9.93. The zero-order valence-corrected chi connectivity index (χ0v) is 15.6. The predicted molar refractivity (Wildman–Crippen MR) is 96.0 cm³/mol. The second-order valence-electron chi connectivity index (χ2n) is 8.30. The van der Waals surface area contributed by atoms with E-state index in [1.54, 1.807) is 4.68 Å². The van der Waals surface area contributed by atoms with Gasteiger partial charge in [0.2, 0.25) is 5.91 Å². The Hall–Kier alpha value is -1.87. The summed E-state index contributed by atoms with van der Waals surface area (Å²) in [5, 5.41) is 14.0. The number of ether oxygens (including phenoxy) is 1. The van der Waals surface area contributed by atoms with Crippen molar-refractivity contribution in [3.63, 3.8) is 0 Å². The van der Waals surface area contributed by atoms with Crippen LogP contribution >= 0.6 is 0 Å². The number of hydrogen-bond acceptors (Lipinski definition) is 4. The summed E-state index contributed by atoms with van der Waals surface area (Å²) in [6, 6.07) is 2.38. The first-order chi connectivity index (χ1) is 12.6. The van der Waals surface area contributed by atoms with Crippen molar-refractivity contribution < 1.29 is 9.53 Å². The van der Waals surface area contributed by atoms with Crippen molar-refractivity contribution in [2.24, 2.45) is 18.4 Å². The van der Waals surface area contributed by atoms with E-state index in [0.717, 1.165) is 37.9 Å². The maximum absolute atomic E-state index is 13.3. The zero-order chi connectivity index (χ0) is 18.1. The first-order valence-corrected chi connectivity index (χ1v) is 9.93. The number of amides is 1. The molecule has 2 saturated carbocycles. The van der Waals surface area contributed by atoms with Crippen LogP contribution in [-0.2, 0) is 23.0 Å². The SMILES string of the molecule is Cn1cc(C[C@H]2[C@H](OCC3CC3)CCN2C(=O)C2(C#N)CCCC2)cn1. The number of likely N-dealkylation sites (tertiary alicyclic amines) is 1. The van der Waals surface area contributed by atoms with E-state index in [0.29, 0.717) is 25.3 Å². The van der Waals surface area contributed by atoms with Crippen molar-refractivity contribution in [3.8, 4) is 6.07 Å². The van der Waals surface area contributed by atoms with Crippen molar-refractivity contribution in [3.05, 3.63) is 18.0 Å². The number of nitriles is 1. The van der Waals surface area contributed by atoms with Gasteiger partial charge in [-0.15, -0.1) is 0 Å². The molecule has 0 bridgehead atoms. The van der Waals surface area contributed by atoms with E-state index >= 15 is 0 Å². The number of aryl methyl sites for hydroxylation is 1. The molecule has 140 valence electrons. The van der Waals surface area contributed by atoms with Crippen molar-refractivity contribution in [1.82, 2.24) is 14.7 Å². The van der Waals surface area contributed by atoms with Gasteiger partial charge in [0.1, 0.15) is 5.41 Å². The largest absolute Gasteiger partial charge is 0.376 e. The summed E-state index contributed by atoms with van der Waals surface area (Å²) in [4.78, 5) is 15.3. The Morgan fingerprint density at radius 3 is 2.77 bits per heavy atom. The Morgan fingerprint density at radius 1 is 1.38 bits per heavy atom. The second-order valence-corrected chi connectivity index (χ2v) is 8.30. The predicted octanol–water partition coefficient (Wildman–Crippen LogP) is 2.44. The molecule has 2 heterocycles. The fraction of sp³-hybridized carbons (Fsp3) is 0.750. The Morgan fingerprint density at radius 2 is 2.15 bits per heavy atom. The maximum Gasteiger partial charge on any atom is 0.243 e. The van der Waals surface area contributed by atoms with Gasteiger partial charge in [0.05, 0.1) is 24.4 Å². The molecule has 0 N–H and O–H groups in total. The molecule has 26 heavy (non-hydrogen) atoms. The molecule has 1 aromatic heterocycles. The van der Waals surface area contributed by atoms with Crippen LogP contribution in [-0.4, -0.2) is 45.9 Å². The van der Waals surface area contributed by atoms with E-state index in [1.807, 2.05) is 24.3 Å². The van der Waals surface area contributed by atoms with Crippen molar-refractivity contribution >= 4 is 5.91 Å². The van der Waals surface area contributed by atoms with Crippen molar-refractivity contribution in [2.75, 3.05) is 13.2 Å². The normalized spacial score (nSPS) is 27.6. The molecular formula is C20H28N4O2. The minimum Gasteiger partial charge on any atom is -0.376 e. The summed E-state index contributed by atoms with van der Waals surface area (Å²) >= 11 is 0. The summed E-state index contributed by atoms with van der Waals surface area (Å²) in [5.41, 5.74) is 0.313. The molecule has 2 aliphatic carbocycles. The molecule has 6 heteroatoms. The molecule has 6 nitrogen and oxygen atoms in total. The fourth-order valence-electron chi connectivity index (χ4n) is 4.50. The van der Waals surface area contributed by atoms with Crippen LogP contribution in [0.5, 0.6) is 0 Å². The second kappa shape index (κ2) is 7.03. The standard InChI is InChI=1S/C20H28N4O2/c1-23-12-16(11-22-23)10-17-18(26-13-15-4-5-15)6-9-24(17)19(25)20(14-21)7-2-3-8-20/h11-12,15,17-18H,2-10,13H2,1H3/t17-,18+/m0/s1. The Bertz CT molecular complexity index is 697. The average molecular weight is 356 g/mol. The summed E-state index contributed by atoms with van der Waals surface area (Å²) in [6.45, 7) is 1.50. The zero-order valence-electron chi connectivity index (χ0n) is 15.6. The summed E-state index contributed by atoms with van der Waals surface area (Å²) < 4.78 is 8.02. The molecule has 0 aromatic carbocycles. The molecular weight excluding hydrogens is 328 g/mol. The van der Waals surface area contributed by atoms with Gasteiger partial charge in [-0.05, 0) is 50.0 Å². The van der Waals surface area contributed by atoms with Crippen LogP contribution in [0.4, 0.5) is 0 Å². The number of carbonyl (C=O) groups is 1. The summed E-state index contributed by atoms with van der Waals surface area (Å²) in [6.07, 6.45) is 11.4. The average Bonchev–Trinajstić information content (AvgIpc) is 3.03. The highest BCUT2D eigenvalue weighted by Crippen LogP contribution is 2.41. The van der Waals surface area contributed by atoms with Crippen LogP contribution in [0.1, 0.15) is 50.5 Å². The molecule has 1 saturated heterocycles. The van der Waals surface area contributed by atoms with Gasteiger partial charge in [-0.25, -0.2) is 0 Å². The Balaban J connectivity index is 1.53. The van der Waals surface area contributed by atoms with Crippen LogP contribution in [0.2, 0.25) is 0 Å². The van der Waals surface area contributed by atoms with E-state index < -0.39 is 5.41 Å². The molecule has 3 aliphatic rings. The minimum absolute atomic E-state index is 0.0104. The van der Waals surface area contributed by atoms with Gasteiger partial charge in [-0.2, -0.15) is 10.4 Å². The highest BCUT2D eigenvalue weighted by Gasteiger charge is 2.49. The lowest BCUT2D eigenvalue weighted by molar-refractivity contribution is -0.141. The third-order valence-electron chi connectivity index (χ3n) is 6.27. The summed E-state index contributed by atoms with van der Waals surface area (Å²) in [5.74, 6) is 0.739. The third-order valence-corrected chi connectivity index (χ3v) is 6.27.